The van der Waals surface area contributed by atoms with E-state index in [9.17, 15) is 4.79 Å². The third kappa shape index (κ3) is 3.59. The van der Waals surface area contributed by atoms with Crippen molar-refractivity contribution in [3.63, 3.8) is 0 Å². The fourth-order valence-corrected chi connectivity index (χ4v) is 5.05. The number of nitrogens with zero attached hydrogens (tertiary/aromatic N) is 1. The van der Waals surface area contributed by atoms with Crippen molar-refractivity contribution in [1.29, 1.82) is 0 Å². The molecule has 4 nitrogen and oxygen atoms in total. The van der Waals surface area contributed by atoms with Gasteiger partial charge in [-0.3, -0.25) is 4.79 Å². The van der Waals surface area contributed by atoms with E-state index in [1.54, 1.807) is 11.3 Å². The van der Waals surface area contributed by atoms with E-state index in [1.807, 2.05) is 12.1 Å². The summed E-state index contributed by atoms with van der Waals surface area (Å²) in [4.78, 5) is 16.9. The Bertz CT molecular complexity index is 720. The number of carbonyl (C=O) groups is 1. The Kier molecular flexibility index (Phi) is 4.39. The first-order valence-electron chi connectivity index (χ1n) is 8.26. The lowest BCUT2D eigenvalue weighted by Crippen LogP contribution is -2.48. The summed E-state index contributed by atoms with van der Waals surface area (Å²) in [5, 5.41) is 7.87. The van der Waals surface area contributed by atoms with Gasteiger partial charge in [-0.15, -0.1) is 11.3 Å². The van der Waals surface area contributed by atoms with Crippen LogP contribution in [-0.2, 0) is 11.2 Å². The van der Waals surface area contributed by atoms with Crippen molar-refractivity contribution >= 4 is 43.4 Å². The number of amides is 1. The predicted octanol–water partition coefficient (Wildman–Crippen LogP) is 3.39. The summed E-state index contributed by atoms with van der Waals surface area (Å²) in [6.07, 6.45) is 5.94. The molecule has 1 aromatic heterocycles. The van der Waals surface area contributed by atoms with Gasteiger partial charge < -0.3 is 10.6 Å². The number of piperidine rings is 1. The summed E-state index contributed by atoms with van der Waals surface area (Å²) >= 11 is 5.15. The van der Waals surface area contributed by atoms with Crippen LogP contribution in [0.3, 0.4) is 0 Å². The Hall–Kier alpha value is -0.980. The fraction of sp³-hybridized carbons (Fsp3) is 0.529. The highest BCUT2D eigenvalue weighted by molar-refractivity contribution is 9.10. The van der Waals surface area contributed by atoms with Crippen LogP contribution in [0.2, 0.25) is 0 Å². The van der Waals surface area contributed by atoms with Gasteiger partial charge in [0.25, 0.3) is 0 Å². The standard InChI is InChI=1S/C17H20BrN3OS/c18-10-1-4-15-14(7-10)21-17(23-15)6-5-16(22)20-13-8-11-2-3-12(9-13)19-11/h1,4,7,11-13,19H,2-3,5-6,8-9H2,(H,20,22). The van der Waals surface area contributed by atoms with Crippen LogP contribution in [0.25, 0.3) is 10.2 Å². The van der Waals surface area contributed by atoms with Crippen LogP contribution in [0, 0.1) is 0 Å². The first kappa shape index (κ1) is 15.5. The fourth-order valence-electron chi connectivity index (χ4n) is 3.75. The molecule has 122 valence electrons. The van der Waals surface area contributed by atoms with Crippen LogP contribution < -0.4 is 10.6 Å². The number of hydrogen-bond donors (Lipinski definition) is 2. The van der Waals surface area contributed by atoms with Crippen molar-refractivity contribution in [2.24, 2.45) is 0 Å². The number of aromatic nitrogens is 1. The van der Waals surface area contributed by atoms with Gasteiger partial charge in [0, 0.05) is 35.4 Å². The van der Waals surface area contributed by atoms with Crippen LogP contribution in [0.5, 0.6) is 0 Å². The zero-order valence-electron chi connectivity index (χ0n) is 12.8. The van der Waals surface area contributed by atoms with E-state index in [2.05, 4.69) is 37.6 Å². The molecule has 2 N–H and O–H groups in total. The van der Waals surface area contributed by atoms with Gasteiger partial charge in [0.2, 0.25) is 5.91 Å². The quantitative estimate of drug-likeness (QED) is 0.836. The van der Waals surface area contributed by atoms with Crippen LogP contribution in [-0.4, -0.2) is 29.0 Å². The van der Waals surface area contributed by atoms with Gasteiger partial charge in [-0.05, 0) is 43.9 Å². The highest BCUT2D eigenvalue weighted by Gasteiger charge is 2.33. The maximum absolute atomic E-state index is 12.2. The molecule has 2 saturated heterocycles. The summed E-state index contributed by atoms with van der Waals surface area (Å²) in [5.74, 6) is 0.164. The summed E-state index contributed by atoms with van der Waals surface area (Å²) < 4.78 is 2.22. The molecule has 1 amide bonds. The molecular weight excluding hydrogens is 374 g/mol. The Morgan fingerprint density at radius 3 is 2.91 bits per heavy atom. The molecule has 2 aromatic rings. The van der Waals surface area contributed by atoms with E-state index in [0.717, 1.165) is 34.3 Å². The molecule has 0 spiro atoms. The SMILES string of the molecule is O=C(CCc1nc2cc(Br)ccc2s1)NC1CC2CCC(C1)N2. The molecule has 2 fully saturated rings. The lowest BCUT2D eigenvalue weighted by Gasteiger charge is -2.29. The number of aryl methyl sites for hydroxylation is 1. The molecule has 2 aliphatic rings. The zero-order chi connectivity index (χ0) is 15.8. The van der Waals surface area contributed by atoms with E-state index >= 15 is 0 Å². The summed E-state index contributed by atoms with van der Waals surface area (Å²) in [5.41, 5.74) is 1.01. The topological polar surface area (TPSA) is 54.0 Å². The molecule has 4 rings (SSSR count). The molecule has 1 aromatic carbocycles. The van der Waals surface area contributed by atoms with E-state index < -0.39 is 0 Å². The van der Waals surface area contributed by atoms with E-state index in [-0.39, 0.29) is 5.91 Å². The monoisotopic (exact) mass is 393 g/mol. The second-order valence-corrected chi connectivity index (χ2v) is 8.62. The minimum Gasteiger partial charge on any atom is -0.353 e. The van der Waals surface area contributed by atoms with Crippen molar-refractivity contribution in [3.05, 3.63) is 27.7 Å². The molecule has 23 heavy (non-hydrogen) atoms. The third-order valence-corrected chi connectivity index (χ3v) is 6.39. The number of halogens is 1. The normalized spacial score (nSPS) is 26.6. The average Bonchev–Trinajstić information content (AvgIpc) is 3.07. The summed E-state index contributed by atoms with van der Waals surface area (Å²) in [6, 6.07) is 7.71. The van der Waals surface area contributed by atoms with Crippen molar-refractivity contribution in [1.82, 2.24) is 15.6 Å². The molecule has 2 atom stereocenters. The smallest absolute Gasteiger partial charge is 0.220 e. The second kappa shape index (κ2) is 6.49. The van der Waals surface area contributed by atoms with Gasteiger partial charge in [-0.2, -0.15) is 0 Å². The summed E-state index contributed by atoms with van der Waals surface area (Å²) in [6.45, 7) is 0. The molecule has 0 radical (unpaired) electrons. The van der Waals surface area contributed by atoms with Crippen molar-refractivity contribution < 1.29 is 4.79 Å². The van der Waals surface area contributed by atoms with Gasteiger partial charge in [0.1, 0.15) is 0 Å². The van der Waals surface area contributed by atoms with Crippen molar-refractivity contribution in [3.8, 4) is 0 Å². The lowest BCUT2D eigenvalue weighted by molar-refractivity contribution is -0.122. The Morgan fingerprint density at radius 1 is 1.35 bits per heavy atom. The number of nitrogens with one attached hydrogen (secondary N) is 2. The molecule has 2 bridgehead atoms. The van der Waals surface area contributed by atoms with E-state index in [0.29, 0.717) is 24.5 Å². The second-order valence-electron chi connectivity index (χ2n) is 6.59. The third-order valence-electron chi connectivity index (χ3n) is 4.80. The number of thiazole rings is 1. The maximum atomic E-state index is 12.2. The highest BCUT2D eigenvalue weighted by Crippen LogP contribution is 2.27. The van der Waals surface area contributed by atoms with Crippen molar-refractivity contribution in [2.75, 3.05) is 0 Å². The first-order chi connectivity index (χ1) is 11.2. The Morgan fingerprint density at radius 2 is 2.13 bits per heavy atom. The number of hydrogen-bond acceptors (Lipinski definition) is 4. The van der Waals surface area contributed by atoms with Crippen LogP contribution in [0.15, 0.2) is 22.7 Å². The van der Waals surface area contributed by atoms with Gasteiger partial charge in [-0.25, -0.2) is 4.98 Å². The largest absolute Gasteiger partial charge is 0.353 e. The Labute approximate surface area is 148 Å². The Balaban J connectivity index is 1.32. The molecule has 6 heteroatoms. The average molecular weight is 394 g/mol. The minimum absolute atomic E-state index is 0.164. The lowest BCUT2D eigenvalue weighted by atomic mass is 9.99. The first-order valence-corrected chi connectivity index (χ1v) is 9.87. The zero-order valence-corrected chi connectivity index (χ0v) is 15.3. The molecule has 2 unspecified atom stereocenters. The predicted molar refractivity (Wildman–Crippen MR) is 96.8 cm³/mol. The highest BCUT2D eigenvalue weighted by atomic mass is 79.9. The van der Waals surface area contributed by atoms with E-state index in [4.69, 9.17) is 0 Å². The number of benzene rings is 1. The number of carbonyl (C=O) groups excluding carboxylic acids is 1. The van der Waals surface area contributed by atoms with Gasteiger partial charge in [0.15, 0.2) is 0 Å². The molecule has 2 aliphatic heterocycles. The minimum atomic E-state index is 0.164. The molecule has 0 aliphatic carbocycles. The van der Waals surface area contributed by atoms with Crippen LogP contribution in [0.4, 0.5) is 0 Å². The molecule has 3 heterocycles. The number of rotatable bonds is 4. The molecular formula is C17H20BrN3OS. The van der Waals surface area contributed by atoms with Gasteiger partial charge in [-0.1, -0.05) is 15.9 Å². The number of fused-ring (bicyclic) bond motifs is 3. The maximum Gasteiger partial charge on any atom is 0.220 e. The van der Waals surface area contributed by atoms with Gasteiger partial charge >= 0.3 is 0 Å². The van der Waals surface area contributed by atoms with Crippen LogP contribution in [0.1, 0.15) is 37.1 Å². The molecule has 0 saturated carbocycles. The van der Waals surface area contributed by atoms with E-state index in [1.165, 1.54) is 17.5 Å². The van der Waals surface area contributed by atoms with Gasteiger partial charge in [0.05, 0.1) is 15.2 Å². The van der Waals surface area contributed by atoms with Crippen LogP contribution >= 0.6 is 27.3 Å². The summed E-state index contributed by atoms with van der Waals surface area (Å²) in [7, 11) is 0. The van der Waals surface area contributed by atoms with Crippen molar-refractivity contribution in [2.45, 2.75) is 56.7 Å².